The summed E-state index contributed by atoms with van der Waals surface area (Å²) in [5.74, 6) is 0.283. The molecule has 0 aliphatic carbocycles. The number of nitro groups is 1. The van der Waals surface area contributed by atoms with E-state index in [1.54, 1.807) is 0 Å². The van der Waals surface area contributed by atoms with Crippen molar-refractivity contribution in [2.75, 3.05) is 18.1 Å². The van der Waals surface area contributed by atoms with Gasteiger partial charge in [0.05, 0.1) is 4.92 Å². The van der Waals surface area contributed by atoms with E-state index in [-0.39, 0.29) is 29.3 Å². The van der Waals surface area contributed by atoms with E-state index in [0.29, 0.717) is 13.0 Å². The van der Waals surface area contributed by atoms with Crippen LogP contribution in [0.2, 0.25) is 5.15 Å². The van der Waals surface area contributed by atoms with Crippen molar-refractivity contribution in [3.8, 4) is 0 Å². The third-order valence-electron chi connectivity index (χ3n) is 3.29. The molecule has 1 aromatic heterocycles. The minimum Gasteiger partial charge on any atom is -0.396 e. The smallest absolute Gasteiger partial charge is 0.348 e. The number of rotatable bonds is 5. The van der Waals surface area contributed by atoms with Crippen molar-refractivity contribution in [2.45, 2.75) is 31.7 Å². The number of hydrogen-bond donors (Lipinski definition) is 1. The summed E-state index contributed by atoms with van der Waals surface area (Å²) in [4.78, 5) is 20.1. The fourth-order valence-electron chi connectivity index (χ4n) is 2.46. The Labute approximate surface area is 115 Å². The number of aliphatic hydroxyl groups excluding tert-OH is 1. The SMILES string of the molecule is O=[N+]([O-])c1c(Cl)ncnc1N1CCCC1CCCO. The molecule has 7 nitrogen and oxygen atoms in total. The van der Waals surface area contributed by atoms with Crippen molar-refractivity contribution < 1.29 is 10.0 Å². The molecule has 0 radical (unpaired) electrons. The molecule has 0 amide bonds. The van der Waals surface area contributed by atoms with Gasteiger partial charge in [-0.05, 0) is 25.7 Å². The van der Waals surface area contributed by atoms with Gasteiger partial charge >= 0.3 is 5.69 Å². The maximum absolute atomic E-state index is 11.1. The van der Waals surface area contributed by atoms with Gasteiger partial charge in [-0.3, -0.25) is 10.1 Å². The molecule has 1 aromatic rings. The molecule has 1 fully saturated rings. The second-order valence-electron chi connectivity index (χ2n) is 4.45. The van der Waals surface area contributed by atoms with Gasteiger partial charge in [0.2, 0.25) is 11.0 Å². The van der Waals surface area contributed by atoms with Gasteiger partial charge in [-0.1, -0.05) is 11.6 Å². The standard InChI is InChI=1S/C11H15ClN4O3/c12-10-9(16(18)19)11(14-7-13-10)15-5-1-3-8(15)4-2-6-17/h7-8,17H,1-6H2. The monoisotopic (exact) mass is 286 g/mol. The zero-order valence-corrected chi connectivity index (χ0v) is 11.1. The molecule has 19 heavy (non-hydrogen) atoms. The van der Waals surface area contributed by atoms with Crippen LogP contribution in [0.4, 0.5) is 11.5 Å². The summed E-state index contributed by atoms with van der Waals surface area (Å²) in [6, 6.07) is 0.164. The summed E-state index contributed by atoms with van der Waals surface area (Å²) in [6.45, 7) is 0.835. The molecule has 1 saturated heterocycles. The number of hydrogen-bond acceptors (Lipinski definition) is 6. The van der Waals surface area contributed by atoms with Crippen LogP contribution in [0, 0.1) is 10.1 Å². The summed E-state index contributed by atoms with van der Waals surface area (Å²) in [6.07, 6.45) is 4.60. The normalized spacial score (nSPS) is 18.8. The summed E-state index contributed by atoms with van der Waals surface area (Å²) >= 11 is 5.80. The molecule has 1 N–H and O–H groups in total. The molecule has 1 aliphatic rings. The van der Waals surface area contributed by atoms with Gasteiger partial charge in [-0.25, -0.2) is 9.97 Å². The van der Waals surface area contributed by atoms with Crippen LogP contribution < -0.4 is 4.90 Å². The number of halogens is 1. The molecule has 1 aliphatic heterocycles. The number of aromatic nitrogens is 2. The van der Waals surface area contributed by atoms with Crippen molar-refractivity contribution in [3.63, 3.8) is 0 Å². The first-order valence-corrected chi connectivity index (χ1v) is 6.55. The average Bonchev–Trinajstić information content (AvgIpc) is 2.83. The van der Waals surface area contributed by atoms with Gasteiger partial charge in [0, 0.05) is 19.2 Å². The van der Waals surface area contributed by atoms with Crippen LogP contribution in [-0.2, 0) is 0 Å². The van der Waals surface area contributed by atoms with E-state index in [9.17, 15) is 10.1 Å². The van der Waals surface area contributed by atoms with Crippen LogP contribution in [0.25, 0.3) is 0 Å². The summed E-state index contributed by atoms with van der Waals surface area (Å²) < 4.78 is 0. The van der Waals surface area contributed by atoms with Crippen LogP contribution in [0.5, 0.6) is 0 Å². The Kier molecular flexibility index (Phi) is 4.49. The molecular formula is C11H15ClN4O3. The highest BCUT2D eigenvalue weighted by atomic mass is 35.5. The number of anilines is 1. The van der Waals surface area contributed by atoms with Crippen molar-refractivity contribution >= 4 is 23.1 Å². The Balaban J connectivity index is 2.30. The third-order valence-corrected chi connectivity index (χ3v) is 3.56. The summed E-state index contributed by atoms with van der Waals surface area (Å²) in [7, 11) is 0. The zero-order valence-electron chi connectivity index (χ0n) is 10.3. The average molecular weight is 287 g/mol. The predicted molar refractivity (Wildman–Crippen MR) is 70.4 cm³/mol. The molecule has 0 aromatic carbocycles. The summed E-state index contributed by atoms with van der Waals surface area (Å²) in [5, 5.41) is 19.9. The van der Waals surface area contributed by atoms with Crippen molar-refractivity contribution in [2.24, 2.45) is 0 Å². The topological polar surface area (TPSA) is 92.4 Å². The van der Waals surface area contributed by atoms with E-state index >= 15 is 0 Å². The molecule has 0 spiro atoms. The van der Waals surface area contributed by atoms with E-state index in [1.165, 1.54) is 6.33 Å². The number of nitrogens with zero attached hydrogens (tertiary/aromatic N) is 4. The maximum atomic E-state index is 11.1. The van der Waals surface area contributed by atoms with Gasteiger partial charge in [0.1, 0.15) is 6.33 Å². The Hall–Kier alpha value is -1.47. The van der Waals surface area contributed by atoms with Crippen molar-refractivity contribution in [1.29, 1.82) is 0 Å². The Morgan fingerprint density at radius 1 is 1.58 bits per heavy atom. The van der Waals surface area contributed by atoms with E-state index in [1.807, 2.05) is 4.90 Å². The van der Waals surface area contributed by atoms with E-state index in [2.05, 4.69) is 9.97 Å². The number of aliphatic hydroxyl groups is 1. The van der Waals surface area contributed by atoms with Crippen molar-refractivity contribution in [1.82, 2.24) is 9.97 Å². The Morgan fingerprint density at radius 3 is 3.05 bits per heavy atom. The molecule has 0 saturated carbocycles. The summed E-state index contributed by atoms with van der Waals surface area (Å²) in [5.41, 5.74) is -0.236. The molecule has 8 heteroatoms. The third kappa shape index (κ3) is 2.93. The lowest BCUT2D eigenvalue weighted by molar-refractivity contribution is -0.384. The minimum absolute atomic E-state index is 0.122. The minimum atomic E-state index is -0.543. The lowest BCUT2D eigenvalue weighted by atomic mass is 10.1. The lowest BCUT2D eigenvalue weighted by Gasteiger charge is -2.25. The highest BCUT2D eigenvalue weighted by Gasteiger charge is 2.32. The van der Waals surface area contributed by atoms with Crippen LogP contribution in [0.3, 0.4) is 0 Å². The van der Waals surface area contributed by atoms with E-state index < -0.39 is 4.92 Å². The van der Waals surface area contributed by atoms with Gasteiger partial charge in [-0.2, -0.15) is 0 Å². The fraction of sp³-hybridized carbons (Fsp3) is 0.636. The Morgan fingerprint density at radius 2 is 2.37 bits per heavy atom. The molecule has 0 bridgehead atoms. The maximum Gasteiger partial charge on any atom is 0.348 e. The first-order chi connectivity index (χ1) is 9.15. The molecule has 2 heterocycles. The molecular weight excluding hydrogens is 272 g/mol. The van der Waals surface area contributed by atoms with Gasteiger partial charge in [-0.15, -0.1) is 0 Å². The Bertz CT molecular complexity index is 471. The van der Waals surface area contributed by atoms with Crippen LogP contribution in [0.15, 0.2) is 6.33 Å². The van der Waals surface area contributed by atoms with Gasteiger partial charge in [0.15, 0.2) is 0 Å². The lowest BCUT2D eigenvalue weighted by Crippen LogP contribution is -2.31. The van der Waals surface area contributed by atoms with Crippen molar-refractivity contribution in [3.05, 3.63) is 21.6 Å². The zero-order chi connectivity index (χ0) is 13.8. The first-order valence-electron chi connectivity index (χ1n) is 6.17. The quantitative estimate of drug-likeness (QED) is 0.504. The largest absolute Gasteiger partial charge is 0.396 e. The van der Waals surface area contributed by atoms with Crippen LogP contribution in [-0.4, -0.2) is 39.2 Å². The molecule has 2 rings (SSSR count). The van der Waals surface area contributed by atoms with E-state index in [0.717, 1.165) is 19.3 Å². The second-order valence-corrected chi connectivity index (χ2v) is 4.81. The van der Waals surface area contributed by atoms with E-state index in [4.69, 9.17) is 16.7 Å². The molecule has 1 unspecified atom stereocenters. The van der Waals surface area contributed by atoms with Gasteiger partial charge in [0.25, 0.3) is 0 Å². The molecule has 1 atom stereocenters. The van der Waals surface area contributed by atoms with Crippen LogP contribution in [0.1, 0.15) is 25.7 Å². The first kappa shape index (κ1) is 14.0. The van der Waals surface area contributed by atoms with Gasteiger partial charge < -0.3 is 10.0 Å². The molecule has 104 valence electrons. The highest BCUT2D eigenvalue weighted by Crippen LogP contribution is 2.36. The predicted octanol–water partition coefficient (Wildman–Crippen LogP) is 1.78. The van der Waals surface area contributed by atoms with Crippen LogP contribution >= 0.6 is 11.6 Å². The second kappa shape index (κ2) is 6.12. The highest BCUT2D eigenvalue weighted by molar-refractivity contribution is 6.31. The fourth-order valence-corrected chi connectivity index (χ4v) is 2.65.